The van der Waals surface area contributed by atoms with Crippen LogP contribution in [0.3, 0.4) is 0 Å². The van der Waals surface area contributed by atoms with Crippen LogP contribution in [-0.2, 0) is 11.3 Å². The molecular weight excluding hydrogens is 394 g/mol. The Labute approximate surface area is 171 Å². The van der Waals surface area contributed by atoms with Gasteiger partial charge in [0.1, 0.15) is 5.76 Å². The third-order valence-corrected chi connectivity index (χ3v) is 5.83. The number of aromatic nitrogens is 3. The number of para-hydroxylation sites is 1. The van der Waals surface area contributed by atoms with Gasteiger partial charge >= 0.3 is 0 Å². The largest absolute Gasteiger partial charge is 0.469 e. The summed E-state index contributed by atoms with van der Waals surface area (Å²) < 4.78 is 7.32. The van der Waals surface area contributed by atoms with Crippen LogP contribution in [0.15, 0.2) is 51.1 Å². The van der Waals surface area contributed by atoms with Crippen LogP contribution in [-0.4, -0.2) is 32.2 Å². The molecule has 0 unspecified atom stereocenters. The molecule has 0 radical (unpaired) electrons. The predicted molar refractivity (Wildman–Crippen MR) is 110 cm³/mol. The first-order chi connectivity index (χ1) is 13.6. The number of carbonyl (C=O) groups is 1. The molecular formula is C19H19N5O2S2. The second kappa shape index (κ2) is 9.48. The van der Waals surface area contributed by atoms with Gasteiger partial charge in [0, 0.05) is 11.4 Å². The maximum absolute atomic E-state index is 12.4. The first kappa shape index (κ1) is 20.0. The topological polar surface area (TPSA) is 96.7 Å². The fourth-order valence-corrected chi connectivity index (χ4v) is 4.09. The molecule has 1 N–H and O–H groups in total. The maximum Gasteiger partial charge on any atom is 0.234 e. The van der Waals surface area contributed by atoms with Gasteiger partial charge in [0.2, 0.25) is 5.91 Å². The lowest BCUT2D eigenvalue weighted by atomic mass is 10.2. The van der Waals surface area contributed by atoms with Crippen molar-refractivity contribution in [2.75, 3.05) is 16.8 Å². The van der Waals surface area contributed by atoms with Crippen LogP contribution >= 0.6 is 23.5 Å². The number of carbonyl (C=O) groups excluding carboxylic acids is 1. The fourth-order valence-electron chi connectivity index (χ4n) is 2.62. The van der Waals surface area contributed by atoms with E-state index < -0.39 is 0 Å². The molecule has 144 valence electrons. The Morgan fingerprint density at radius 2 is 2.11 bits per heavy atom. The predicted octanol–water partition coefficient (Wildman–Crippen LogP) is 4.21. The highest BCUT2D eigenvalue weighted by atomic mass is 32.2. The van der Waals surface area contributed by atoms with Gasteiger partial charge in [0.25, 0.3) is 0 Å². The van der Waals surface area contributed by atoms with Crippen molar-refractivity contribution in [3.8, 4) is 17.5 Å². The summed E-state index contributed by atoms with van der Waals surface area (Å²) >= 11 is 2.73. The number of nitrogens with one attached hydrogen (secondary N) is 1. The molecule has 0 aliphatic heterocycles. The van der Waals surface area contributed by atoms with Crippen molar-refractivity contribution >= 4 is 35.1 Å². The number of hydrogen-bond donors (Lipinski definition) is 1. The van der Waals surface area contributed by atoms with Gasteiger partial charge in [-0.2, -0.15) is 5.26 Å². The van der Waals surface area contributed by atoms with Gasteiger partial charge < -0.3 is 14.3 Å². The standard InChI is InChI=1S/C19H19N5O2S2/c1-3-24-18(14-8-10-26-13(14)2)22-23-19(24)28-12-17(25)21-15-6-4-5-7-16(15)27-11-9-20/h4-8,10H,3,11-12H2,1-2H3,(H,21,25). The molecule has 7 nitrogen and oxygen atoms in total. The number of furan rings is 1. The number of thioether (sulfide) groups is 2. The molecule has 3 rings (SSSR count). The van der Waals surface area contributed by atoms with Crippen LogP contribution < -0.4 is 5.32 Å². The zero-order chi connectivity index (χ0) is 19.9. The summed E-state index contributed by atoms with van der Waals surface area (Å²) in [5, 5.41) is 20.9. The number of anilines is 1. The zero-order valence-electron chi connectivity index (χ0n) is 15.5. The van der Waals surface area contributed by atoms with Gasteiger partial charge in [-0.3, -0.25) is 4.79 Å². The lowest BCUT2D eigenvalue weighted by Gasteiger charge is -2.10. The molecule has 1 aromatic carbocycles. The number of hydrogen-bond acceptors (Lipinski definition) is 7. The van der Waals surface area contributed by atoms with E-state index in [0.29, 0.717) is 23.1 Å². The van der Waals surface area contributed by atoms with Crippen molar-refractivity contribution in [2.24, 2.45) is 0 Å². The number of nitrogens with zero attached hydrogens (tertiary/aromatic N) is 4. The molecule has 2 heterocycles. The lowest BCUT2D eigenvalue weighted by molar-refractivity contribution is -0.113. The minimum absolute atomic E-state index is 0.137. The van der Waals surface area contributed by atoms with Crippen molar-refractivity contribution in [1.29, 1.82) is 5.26 Å². The normalized spacial score (nSPS) is 10.6. The molecule has 9 heteroatoms. The van der Waals surface area contributed by atoms with E-state index in [-0.39, 0.29) is 11.7 Å². The van der Waals surface area contributed by atoms with E-state index in [4.69, 9.17) is 9.68 Å². The molecule has 0 saturated carbocycles. The van der Waals surface area contributed by atoms with Gasteiger partial charge in [0.05, 0.1) is 35.1 Å². The number of nitriles is 1. The van der Waals surface area contributed by atoms with E-state index in [0.717, 1.165) is 22.0 Å². The number of benzene rings is 1. The minimum atomic E-state index is -0.137. The van der Waals surface area contributed by atoms with Crippen LogP contribution in [0.25, 0.3) is 11.4 Å². The Hall–Kier alpha value is -2.70. The van der Waals surface area contributed by atoms with E-state index >= 15 is 0 Å². The van der Waals surface area contributed by atoms with Gasteiger partial charge in [0.15, 0.2) is 11.0 Å². The van der Waals surface area contributed by atoms with Crippen molar-refractivity contribution in [1.82, 2.24) is 14.8 Å². The average molecular weight is 414 g/mol. The third-order valence-electron chi connectivity index (χ3n) is 3.92. The van der Waals surface area contributed by atoms with Crippen molar-refractivity contribution in [3.05, 3.63) is 42.4 Å². The smallest absolute Gasteiger partial charge is 0.234 e. The van der Waals surface area contributed by atoms with Gasteiger partial charge in [-0.1, -0.05) is 23.9 Å². The van der Waals surface area contributed by atoms with E-state index in [9.17, 15) is 4.79 Å². The van der Waals surface area contributed by atoms with Crippen LogP contribution in [0.1, 0.15) is 12.7 Å². The second-order valence-electron chi connectivity index (χ2n) is 5.72. The summed E-state index contributed by atoms with van der Waals surface area (Å²) in [6, 6.07) is 11.4. The van der Waals surface area contributed by atoms with Crippen molar-refractivity contribution < 1.29 is 9.21 Å². The van der Waals surface area contributed by atoms with Gasteiger partial charge in [-0.25, -0.2) is 0 Å². The van der Waals surface area contributed by atoms with Crippen LogP contribution in [0.4, 0.5) is 5.69 Å². The zero-order valence-corrected chi connectivity index (χ0v) is 17.1. The third kappa shape index (κ3) is 4.58. The maximum atomic E-state index is 12.4. The van der Waals surface area contributed by atoms with Crippen molar-refractivity contribution in [3.63, 3.8) is 0 Å². The van der Waals surface area contributed by atoms with Crippen LogP contribution in [0.2, 0.25) is 0 Å². The van der Waals surface area contributed by atoms with Crippen LogP contribution in [0.5, 0.6) is 0 Å². The Morgan fingerprint density at radius 3 is 2.82 bits per heavy atom. The molecule has 28 heavy (non-hydrogen) atoms. The summed E-state index contributed by atoms with van der Waals surface area (Å²) in [6.45, 7) is 4.58. The molecule has 0 bridgehead atoms. The second-order valence-corrected chi connectivity index (χ2v) is 7.68. The number of rotatable bonds is 8. The van der Waals surface area contributed by atoms with E-state index in [1.807, 2.05) is 48.7 Å². The molecule has 0 aliphatic carbocycles. The highest BCUT2D eigenvalue weighted by Crippen LogP contribution is 2.28. The Bertz CT molecular complexity index is 1010. The highest BCUT2D eigenvalue weighted by Gasteiger charge is 2.17. The molecule has 3 aromatic rings. The van der Waals surface area contributed by atoms with E-state index in [1.54, 1.807) is 6.26 Å². The molecule has 0 aliphatic rings. The van der Waals surface area contributed by atoms with Crippen LogP contribution in [0, 0.1) is 18.3 Å². The number of amides is 1. The first-order valence-corrected chi connectivity index (χ1v) is 10.6. The Balaban J connectivity index is 1.67. The highest BCUT2D eigenvalue weighted by molar-refractivity contribution is 8.00. The van der Waals surface area contributed by atoms with E-state index in [2.05, 4.69) is 21.6 Å². The van der Waals surface area contributed by atoms with Crippen molar-refractivity contribution in [2.45, 2.75) is 30.4 Å². The molecule has 0 spiro atoms. The molecule has 0 fully saturated rings. The number of aryl methyl sites for hydroxylation is 1. The summed E-state index contributed by atoms with van der Waals surface area (Å²) in [5.41, 5.74) is 1.61. The molecule has 1 amide bonds. The summed E-state index contributed by atoms with van der Waals surface area (Å²) in [4.78, 5) is 13.3. The minimum Gasteiger partial charge on any atom is -0.469 e. The average Bonchev–Trinajstić information content (AvgIpc) is 3.30. The first-order valence-electron chi connectivity index (χ1n) is 8.63. The Kier molecular flexibility index (Phi) is 6.79. The summed E-state index contributed by atoms with van der Waals surface area (Å²) in [7, 11) is 0. The molecule has 2 aromatic heterocycles. The fraction of sp³-hybridized carbons (Fsp3) is 0.263. The quantitative estimate of drug-likeness (QED) is 0.552. The van der Waals surface area contributed by atoms with Gasteiger partial charge in [-0.05, 0) is 32.0 Å². The Morgan fingerprint density at radius 1 is 1.29 bits per heavy atom. The van der Waals surface area contributed by atoms with Gasteiger partial charge in [-0.15, -0.1) is 22.0 Å². The van der Waals surface area contributed by atoms with E-state index in [1.165, 1.54) is 23.5 Å². The summed E-state index contributed by atoms with van der Waals surface area (Å²) in [6.07, 6.45) is 1.63. The molecule has 0 saturated heterocycles. The molecule has 0 atom stereocenters. The monoisotopic (exact) mass is 413 g/mol. The SMILES string of the molecule is CCn1c(SCC(=O)Nc2ccccc2SCC#N)nnc1-c1ccoc1C. The summed E-state index contributed by atoms with van der Waals surface area (Å²) in [5.74, 6) is 1.91. The lowest BCUT2D eigenvalue weighted by Crippen LogP contribution is -2.15.